The predicted octanol–water partition coefficient (Wildman–Crippen LogP) is 3.80. The number of hydrogen-bond acceptors (Lipinski definition) is 3. The van der Waals surface area contributed by atoms with E-state index in [0.29, 0.717) is 21.2 Å². The van der Waals surface area contributed by atoms with Crippen LogP contribution in [0.3, 0.4) is 0 Å². The highest BCUT2D eigenvalue weighted by atomic mass is 35.5. The molecule has 0 radical (unpaired) electrons. The molecule has 4 nitrogen and oxygen atoms in total. The average molecular weight is 353 g/mol. The standard InChI is InChI=1S/C17H14Cl2O4/c18-12-7-3-1-5-10(12)15-17(22,9-14(23-15)16(20)21)11-6-2-4-8-13(11)19/h1-8,14-15,22H,9H2,(H,20,21)/t14-,15-,17+/m1/s1. The molecule has 0 unspecified atom stereocenters. The van der Waals surface area contributed by atoms with Crippen LogP contribution in [-0.4, -0.2) is 22.3 Å². The summed E-state index contributed by atoms with van der Waals surface area (Å²) >= 11 is 12.4. The van der Waals surface area contributed by atoms with Crippen LogP contribution < -0.4 is 0 Å². The fourth-order valence-electron chi connectivity index (χ4n) is 2.94. The van der Waals surface area contributed by atoms with Crippen molar-refractivity contribution in [3.05, 3.63) is 69.7 Å². The van der Waals surface area contributed by atoms with Crippen LogP contribution in [0.4, 0.5) is 0 Å². The molecule has 0 amide bonds. The van der Waals surface area contributed by atoms with Crippen molar-refractivity contribution in [3.8, 4) is 0 Å². The maximum Gasteiger partial charge on any atom is 0.332 e. The molecule has 3 rings (SSSR count). The molecule has 1 aliphatic heterocycles. The number of aliphatic carboxylic acids is 1. The normalized spacial score (nSPS) is 27.1. The molecular formula is C17H14Cl2O4. The molecule has 2 aromatic carbocycles. The van der Waals surface area contributed by atoms with Gasteiger partial charge in [-0.15, -0.1) is 0 Å². The van der Waals surface area contributed by atoms with Gasteiger partial charge in [-0.2, -0.15) is 0 Å². The molecule has 23 heavy (non-hydrogen) atoms. The zero-order valence-electron chi connectivity index (χ0n) is 11.9. The lowest BCUT2D eigenvalue weighted by Crippen LogP contribution is -2.30. The molecule has 0 saturated carbocycles. The lowest BCUT2D eigenvalue weighted by molar-refractivity contribution is -0.150. The lowest BCUT2D eigenvalue weighted by Gasteiger charge is -2.30. The largest absolute Gasteiger partial charge is 0.479 e. The van der Waals surface area contributed by atoms with Crippen LogP contribution in [0.5, 0.6) is 0 Å². The van der Waals surface area contributed by atoms with Gasteiger partial charge >= 0.3 is 5.97 Å². The Morgan fingerprint density at radius 1 is 1.09 bits per heavy atom. The zero-order chi connectivity index (χ0) is 16.6. The molecule has 0 aromatic heterocycles. The summed E-state index contributed by atoms with van der Waals surface area (Å²) in [6, 6.07) is 13.7. The van der Waals surface area contributed by atoms with Crippen molar-refractivity contribution < 1.29 is 19.7 Å². The number of halogens is 2. The summed E-state index contributed by atoms with van der Waals surface area (Å²) in [5, 5.41) is 21.3. The SMILES string of the molecule is O=C(O)[C@H]1C[C@](O)(c2ccccc2Cl)[C@@H](c2ccccc2Cl)O1. The monoisotopic (exact) mass is 352 g/mol. The van der Waals surface area contributed by atoms with Gasteiger partial charge in [0, 0.05) is 27.6 Å². The molecule has 3 atom stereocenters. The van der Waals surface area contributed by atoms with Crippen molar-refractivity contribution in [1.29, 1.82) is 0 Å². The van der Waals surface area contributed by atoms with E-state index in [9.17, 15) is 15.0 Å². The van der Waals surface area contributed by atoms with Gasteiger partial charge in [0.2, 0.25) is 0 Å². The van der Waals surface area contributed by atoms with E-state index < -0.39 is 23.8 Å². The molecule has 0 bridgehead atoms. The van der Waals surface area contributed by atoms with Crippen LogP contribution in [-0.2, 0) is 15.1 Å². The summed E-state index contributed by atoms with van der Waals surface area (Å²) in [6.07, 6.45) is -2.17. The fourth-order valence-corrected chi connectivity index (χ4v) is 3.48. The summed E-state index contributed by atoms with van der Waals surface area (Å²) in [5.74, 6) is -1.13. The van der Waals surface area contributed by atoms with E-state index in [2.05, 4.69) is 0 Å². The molecule has 0 spiro atoms. The van der Waals surface area contributed by atoms with Gasteiger partial charge < -0.3 is 14.9 Å². The molecule has 1 fully saturated rings. The predicted molar refractivity (Wildman–Crippen MR) is 86.7 cm³/mol. The third-order valence-corrected chi connectivity index (χ3v) is 4.71. The van der Waals surface area contributed by atoms with Gasteiger partial charge in [-0.1, -0.05) is 59.6 Å². The van der Waals surface area contributed by atoms with E-state index in [1.807, 2.05) is 0 Å². The Kier molecular flexibility index (Phi) is 4.34. The van der Waals surface area contributed by atoms with E-state index in [0.717, 1.165) is 0 Å². The molecule has 2 aromatic rings. The first kappa shape index (κ1) is 16.3. The van der Waals surface area contributed by atoms with Crippen LogP contribution in [0.25, 0.3) is 0 Å². The number of benzene rings is 2. The number of carbonyl (C=O) groups is 1. The Morgan fingerprint density at radius 2 is 1.70 bits per heavy atom. The van der Waals surface area contributed by atoms with Crippen molar-refractivity contribution in [2.24, 2.45) is 0 Å². The average Bonchev–Trinajstić information content (AvgIpc) is 2.87. The first-order valence-corrected chi connectivity index (χ1v) is 7.79. The topological polar surface area (TPSA) is 66.8 Å². The molecule has 1 saturated heterocycles. The third kappa shape index (κ3) is 2.83. The highest BCUT2D eigenvalue weighted by molar-refractivity contribution is 6.32. The van der Waals surface area contributed by atoms with Crippen LogP contribution in [0.2, 0.25) is 10.0 Å². The third-order valence-electron chi connectivity index (χ3n) is 4.03. The molecule has 1 aliphatic rings. The summed E-state index contributed by atoms with van der Waals surface area (Å²) in [7, 11) is 0. The first-order valence-electron chi connectivity index (χ1n) is 7.03. The molecule has 2 N–H and O–H groups in total. The molecule has 0 aliphatic carbocycles. The van der Waals surface area contributed by atoms with E-state index in [-0.39, 0.29) is 6.42 Å². The van der Waals surface area contributed by atoms with Crippen LogP contribution >= 0.6 is 23.2 Å². The molecular weight excluding hydrogens is 339 g/mol. The fraction of sp³-hybridized carbons (Fsp3) is 0.235. The quantitative estimate of drug-likeness (QED) is 0.881. The van der Waals surface area contributed by atoms with Gasteiger partial charge in [0.1, 0.15) is 11.7 Å². The van der Waals surface area contributed by atoms with Gasteiger partial charge in [0.25, 0.3) is 0 Å². The summed E-state index contributed by atoms with van der Waals surface area (Å²) in [4.78, 5) is 11.4. The zero-order valence-corrected chi connectivity index (χ0v) is 13.5. The highest BCUT2D eigenvalue weighted by Crippen LogP contribution is 2.51. The number of carboxylic acid groups (broad SMARTS) is 1. The van der Waals surface area contributed by atoms with Gasteiger partial charge in [-0.05, 0) is 12.1 Å². The van der Waals surface area contributed by atoms with Gasteiger partial charge in [0.05, 0.1) is 0 Å². The van der Waals surface area contributed by atoms with Crippen LogP contribution in [0.15, 0.2) is 48.5 Å². The van der Waals surface area contributed by atoms with E-state index in [4.69, 9.17) is 27.9 Å². The van der Waals surface area contributed by atoms with Crippen LogP contribution in [0.1, 0.15) is 23.7 Å². The Morgan fingerprint density at radius 3 is 2.30 bits per heavy atom. The van der Waals surface area contributed by atoms with Crippen molar-refractivity contribution >= 4 is 29.2 Å². The minimum atomic E-state index is -1.58. The van der Waals surface area contributed by atoms with E-state index in [1.54, 1.807) is 48.5 Å². The summed E-state index contributed by atoms with van der Waals surface area (Å²) in [5.41, 5.74) is -0.623. The van der Waals surface area contributed by atoms with Gasteiger partial charge in [-0.3, -0.25) is 0 Å². The summed E-state index contributed by atoms with van der Waals surface area (Å²) < 4.78 is 5.62. The number of carboxylic acids is 1. The number of rotatable bonds is 3. The number of hydrogen-bond donors (Lipinski definition) is 2. The minimum absolute atomic E-state index is 0.109. The Labute approximate surface area is 143 Å². The highest BCUT2D eigenvalue weighted by Gasteiger charge is 2.52. The van der Waals surface area contributed by atoms with Gasteiger partial charge in [0.15, 0.2) is 6.10 Å². The molecule has 1 heterocycles. The Bertz CT molecular complexity index is 749. The smallest absolute Gasteiger partial charge is 0.332 e. The maximum absolute atomic E-state index is 11.4. The van der Waals surface area contributed by atoms with Crippen molar-refractivity contribution in [2.45, 2.75) is 24.2 Å². The van der Waals surface area contributed by atoms with E-state index in [1.165, 1.54) is 0 Å². The second kappa shape index (κ2) is 6.13. The Balaban J connectivity index is 2.13. The first-order chi connectivity index (χ1) is 10.9. The van der Waals surface area contributed by atoms with Crippen LogP contribution in [0, 0.1) is 0 Å². The molecule has 120 valence electrons. The van der Waals surface area contributed by atoms with Crippen molar-refractivity contribution in [2.75, 3.05) is 0 Å². The number of aliphatic hydroxyl groups is 1. The lowest BCUT2D eigenvalue weighted by atomic mass is 9.83. The summed E-state index contributed by atoms with van der Waals surface area (Å²) in [6.45, 7) is 0. The second-order valence-corrected chi connectivity index (χ2v) is 6.29. The van der Waals surface area contributed by atoms with Gasteiger partial charge in [-0.25, -0.2) is 4.79 Å². The minimum Gasteiger partial charge on any atom is -0.479 e. The second-order valence-electron chi connectivity index (χ2n) is 5.47. The van der Waals surface area contributed by atoms with Crippen molar-refractivity contribution in [3.63, 3.8) is 0 Å². The van der Waals surface area contributed by atoms with E-state index >= 15 is 0 Å². The maximum atomic E-state index is 11.4. The molecule has 6 heteroatoms. The Hall–Kier alpha value is -1.59. The number of ether oxygens (including phenoxy) is 1. The van der Waals surface area contributed by atoms with Crippen molar-refractivity contribution in [1.82, 2.24) is 0 Å².